The second kappa shape index (κ2) is 5.98. The third-order valence-corrected chi connectivity index (χ3v) is 4.49. The van der Waals surface area contributed by atoms with Gasteiger partial charge in [0.25, 0.3) is 0 Å². The van der Waals surface area contributed by atoms with E-state index in [4.69, 9.17) is 0 Å². The molecule has 2 rings (SSSR count). The van der Waals surface area contributed by atoms with E-state index in [2.05, 4.69) is 21.2 Å². The minimum absolute atomic E-state index is 0.0642. The van der Waals surface area contributed by atoms with Crippen molar-refractivity contribution in [3.63, 3.8) is 0 Å². The van der Waals surface area contributed by atoms with Gasteiger partial charge in [0.1, 0.15) is 5.82 Å². The molecule has 92 valence electrons. The Balaban J connectivity index is 2.02. The van der Waals surface area contributed by atoms with Gasteiger partial charge in [-0.2, -0.15) is 11.8 Å². The maximum atomic E-state index is 12.9. The maximum absolute atomic E-state index is 12.9. The molecule has 1 fully saturated rings. The first-order valence-corrected chi connectivity index (χ1v) is 7.39. The zero-order chi connectivity index (χ0) is 12.3. The van der Waals surface area contributed by atoms with E-state index in [1.807, 2.05) is 0 Å². The molecule has 1 heterocycles. The van der Waals surface area contributed by atoms with Crippen LogP contribution in [0, 0.1) is 5.82 Å². The van der Waals surface area contributed by atoms with E-state index in [1.54, 1.807) is 17.8 Å². The molecule has 0 bridgehead atoms. The molecule has 0 saturated carbocycles. The van der Waals surface area contributed by atoms with Crippen molar-refractivity contribution < 1.29 is 9.18 Å². The van der Waals surface area contributed by atoms with Gasteiger partial charge < -0.3 is 5.32 Å². The summed E-state index contributed by atoms with van der Waals surface area (Å²) in [7, 11) is 0. The number of carbonyl (C=O) groups is 1. The number of ketones is 1. The van der Waals surface area contributed by atoms with Crippen LogP contribution in [0.15, 0.2) is 22.7 Å². The van der Waals surface area contributed by atoms with E-state index in [1.165, 1.54) is 12.1 Å². The van der Waals surface area contributed by atoms with Gasteiger partial charge in [-0.25, -0.2) is 4.39 Å². The fourth-order valence-corrected chi connectivity index (χ4v) is 3.21. The predicted molar refractivity (Wildman–Crippen MR) is 71.9 cm³/mol. The van der Waals surface area contributed by atoms with Crippen LogP contribution in [0.25, 0.3) is 0 Å². The van der Waals surface area contributed by atoms with Crippen LogP contribution < -0.4 is 5.32 Å². The highest BCUT2D eigenvalue weighted by Gasteiger charge is 2.21. The van der Waals surface area contributed by atoms with Crippen LogP contribution in [0.5, 0.6) is 0 Å². The van der Waals surface area contributed by atoms with Crippen molar-refractivity contribution in [1.82, 2.24) is 5.32 Å². The second-order valence-electron chi connectivity index (χ2n) is 3.96. The van der Waals surface area contributed by atoms with Gasteiger partial charge in [0.2, 0.25) is 0 Å². The molecular weight excluding hydrogens is 305 g/mol. The summed E-state index contributed by atoms with van der Waals surface area (Å²) in [4.78, 5) is 12.0. The van der Waals surface area contributed by atoms with Crippen LogP contribution in [0.1, 0.15) is 5.56 Å². The largest absolute Gasteiger partial charge is 0.306 e. The summed E-state index contributed by atoms with van der Waals surface area (Å²) in [5.74, 6) is 1.77. The van der Waals surface area contributed by atoms with Crippen molar-refractivity contribution in [3.05, 3.63) is 34.1 Å². The second-order valence-corrected chi connectivity index (χ2v) is 5.96. The first kappa shape index (κ1) is 13.1. The van der Waals surface area contributed by atoms with Gasteiger partial charge in [0, 0.05) is 28.9 Å². The average molecular weight is 318 g/mol. The molecule has 1 aliphatic rings. The molecule has 0 amide bonds. The molecule has 0 aliphatic carbocycles. The summed E-state index contributed by atoms with van der Waals surface area (Å²) in [6, 6.07) is 4.38. The number of benzene rings is 1. The Morgan fingerprint density at radius 3 is 3.06 bits per heavy atom. The first-order valence-electron chi connectivity index (χ1n) is 5.44. The molecule has 17 heavy (non-hydrogen) atoms. The van der Waals surface area contributed by atoms with Gasteiger partial charge in [-0.3, -0.25) is 4.79 Å². The van der Waals surface area contributed by atoms with E-state index < -0.39 is 0 Å². The Morgan fingerprint density at radius 2 is 2.41 bits per heavy atom. The van der Waals surface area contributed by atoms with Crippen molar-refractivity contribution in [3.8, 4) is 0 Å². The summed E-state index contributed by atoms with van der Waals surface area (Å²) in [6.07, 6.45) is 0.346. The van der Waals surface area contributed by atoms with E-state index in [0.717, 1.165) is 23.6 Å². The van der Waals surface area contributed by atoms with Gasteiger partial charge in [-0.1, -0.05) is 22.0 Å². The molecule has 1 aliphatic heterocycles. The Hall–Kier alpha value is -0.390. The van der Waals surface area contributed by atoms with Crippen LogP contribution in [0.2, 0.25) is 0 Å². The van der Waals surface area contributed by atoms with E-state index in [-0.39, 0.29) is 17.6 Å². The summed E-state index contributed by atoms with van der Waals surface area (Å²) >= 11 is 5.08. The van der Waals surface area contributed by atoms with Gasteiger partial charge in [-0.05, 0) is 17.7 Å². The number of thioether (sulfide) groups is 1. The quantitative estimate of drug-likeness (QED) is 0.928. The zero-order valence-corrected chi connectivity index (χ0v) is 11.6. The number of nitrogens with one attached hydrogen (secondary N) is 1. The fourth-order valence-electron chi connectivity index (χ4n) is 1.75. The third-order valence-electron chi connectivity index (χ3n) is 2.69. The lowest BCUT2D eigenvalue weighted by Crippen LogP contribution is -2.44. The van der Waals surface area contributed by atoms with Crippen molar-refractivity contribution in [1.29, 1.82) is 0 Å². The molecule has 5 heteroatoms. The summed E-state index contributed by atoms with van der Waals surface area (Å²) in [6.45, 7) is 0.881. The van der Waals surface area contributed by atoms with Crippen LogP contribution in [0.4, 0.5) is 4.39 Å². The molecular formula is C12H13BrFNOS. The SMILES string of the molecule is O=C(Cc1ccc(F)cc1Br)C1CSCCN1. The number of hydrogen-bond donors (Lipinski definition) is 1. The molecule has 2 nitrogen and oxygen atoms in total. The number of halogens is 2. The fraction of sp³-hybridized carbons (Fsp3) is 0.417. The standard InChI is InChI=1S/C12H13BrFNOS/c13-10-6-9(14)2-1-8(10)5-12(16)11-7-17-4-3-15-11/h1-2,6,11,15H,3-5,7H2. The van der Waals surface area contributed by atoms with Crippen LogP contribution in [-0.2, 0) is 11.2 Å². The van der Waals surface area contributed by atoms with Gasteiger partial charge in [0.05, 0.1) is 6.04 Å². The molecule has 1 aromatic rings. The molecule has 1 aromatic carbocycles. The van der Waals surface area contributed by atoms with Crippen molar-refractivity contribution in [2.75, 3.05) is 18.1 Å². The van der Waals surface area contributed by atoms with Crippen LogP contribution in [-0.4, -0.2) is 29.9 Å². The maximum Gasteiger partial charge on any atom is 0.154 e. The Morgan fingerprint density at radius 1 is 1.59 bits per heavy atom. The Bertz CT molecular complexity index is 421. The Kier molecular flexibility index (Phi) is 4.59. The molecule has 0 aromatic heterocycles. The zero-order valence-electron chi connectivity index (χ0n) is 9.21. The predicted octanol–water partition coefficient (Wildman–Crippen LogP) is 2.40. The minimum Gasteiger partial charge on any atom is -0.306 e. The Labute approximate surface area is 112 Å². The van der Waals surface area contributed by atoms with Crippen molar-refractivity contribution in [2.45, 2.75) is 12.5 Å². The molecule has 1 saturated heterocycles. The van der Waals surface area contributed by atoms with E-state index >= 15 is 0 Å². The molecule has 1 N–H and O–H groups in total. The van der Waals surface area contributed by atoms with E-state index in [0.29, 0.717) is 10.9 Å². The third kappa shape index (κ3) is 3.53. The first-order chi connectivity index (χ1) is 8.16. The van der Waals surface area contributed by atoms with E-state index in [9.17, 15) is 9.18 Å². The molecule has 0 radical (unpaired) electrons. The topological polar surface area (TPSA) is 29.1 Å². The number of hydrogen-bond acceptors (Lipinski definition) is 3. The molecule has 0 spiro atoms. The van der Waals surface area contributed by atoms with Gasteiger partial charge in [0.15, 0.2) is 5.78 Å². The number of carbonyl (C=O) groups excluding carboxylic acids is 1. The number of Topliss-reactive ketones (excluding diaryl/α,β-unsaturated/α-hetero) is 1. The lowest BCUT2D eigenvalue weighted by Gasteiger charge is -2.22. The smallest absolute Gasteiger partial charge is 0.154 e. The highest BCUT2D eigenvalue weighted by atomic mass is 79.9. The highest BCUT2D eigenvalue weighted by Crippen LogP contribution is 2.20. The van der Waals surface area contributed by atoms with Gasteiger partial charge >= 0.3 is 0 Å². The number of rotatable bonds is 3. The van der Waals surface area contributed by atoms with Crippen LogP contribution >= 0.6 is 27.7 Å². The lowest BCUT2D eigenvalue weighted by atomic mass is 10.0. The van der Waals surface area contributed by atoms with Gasteiger partial charge in [-0.15, -0.1) is 0 Å². The summed E-state index contributed by atoms with van der Waals surface area (Å²) in [5, 5.41) is 3.21. The highest BCUT2D eigenvalue weighted by molar-refractivity contribution is 9.10. The minimum atomic E-state index is -0.292. The average Bonchev–Trinajstić information content (AvgIpc) is 2.34. The molecule has 1 atom stereocenters. The van der Waals surface area contributed by atoms with Crippen molar-refractivity contribution >= 4 is 33.5 Å². The molecule has 1 unspecified atom stereocenters. The lowest BCUT2D eigenvalue weighted by molar-refractivity contribution is -0.119. The normalized spacial score (nSPS) is 20.2. The summed E-state index contributed by atoms with van der Waals surface area (Å²) in [5.41, 5.74) is 0.841. The summed E-state index contributed by atoms with van der Waals surface area (Å²) < 4.78 is 13.6. The monoisotopic (exact) mass is 317 g/mol. The van der Waals surface area contributed by atoms with Crippen molar-refractivity contribution in [2.24, 2.45) is 0 Å². The van der Waals surface area contributed by atoms with Crippen LogP contribution in [0.3, 0.4) is 0 Å².